The SMILES string of the molecule is COCCOCCCN1C(=O)CCC2CNCCC21. The molecule has 2 atom stereocenters. The predicted octanol–water partition coefficient (Wildman–Crippen LogP) is 0.640. The van der Waals surface area contributed by atoms with Crippen molar-refractivity contribution >= 4 is 5.91 Å². The fraction of sp³-hybridized carbons (Fsp3) is 0.929. The fourth-order valence-corrected chi connectivity index (χ4v) is 3.12. The second-order valence-electron chi connectivity index (χ2n) is 5.40. The van der Waals surface area contributed by atoms with Crippen molar-refractivity contribution in [1.82, 2.24) is 10.2 Å². The quantitative estimate of drug-likeness (QED) is 0.690. The minimum absolute atomic E-state index is 0.333. The molecule has 0 saturated carbocycles. The first kappa shape index (κ1) is 14.8. The zero-order valence-electron chi connectivity index (χ0n) is 11.9. The van der Waals surface area contributed by atoms with Crippen molar-refractivity contribution in [1.29, 1.82) is 0 Å². The van der Waals surface area contributed by atoms with Crippen molar-refractivity contribution in [3.8, 4) is 0 Å². The lowest BCUT2D eigenvalue weighted by Gasteiger charge is -2.44. The number of carbonyl (C=O) groups excluding carboxylic acids is 1. The van der Waals surface area contributed by atoms with Gasteiger partial charge < -0.3 is 19.7 Å². The molecule has 2 unspecified atom stereocenters. The summed E-state index contributed by atoms with van der Waals surface area (Å²) in [6, 6.07) is 0.460. The highest BCUT2D eigenvalue weighted by molar-refractivity contribution is 5.77. The smallest absolute Gasteiger partial charge is 0.222 e. The van der Waals surface area contributed by atoms with Crippen molar-refractivity contribution in [2.75, 3.05) is 46.6 Å². The fourth-order valence-electron chi connectivity index (χ4n) is 3.12. The van der Waals surface area contributed by atoms with Gasteiger partial charge in [0.05, 0.1) is 13.2 Å². The number of methoxy groups -OCH3 is 1. The van der Waals surface area contributed by atoms with Crippen LogP contribution in [0.5, 0.6) is 0 Å². The van der Waals surface area contributed by atoms with Crippen LogP contribution in [-0.4, -0.2) is 63.4 Å². The summed E-state index contributed by atoms with van der Waals surface area (Å²) in [5, 5.41) is 3.43. The Bertz CT molecular complexity index is 286. The molecule has 0 radical (unpaired) electrons. The van der Waals surface area contributed by atoms with Crippen LogP contribution in [0.15, 0.2) is 0 Å². The molecule has 5 nitrogen and oxygen atoms in total. The Hall–Kier alpha value is -0.650. The Labute approximate surface area is 115 Å². The molecule has 1 amide bonds. The molecule has 0 aromatic heterocycles. The van der Waals surface area contributed by atoms with Gasteiger partial charge in [-0.25, -0.2) is 0 Å². The molecular formula is C14H26N2O3. The van der Waals surface area contributed by atoms with Gasteiger partial charge in [0, 0.05) is 32.7 Å². The molecule has 110 valence electrons. The molecule has 2 fully saturated rings. The summed E-state index contributed by atoms with van der Waals surface area (Å²) in [4.78, 5) is 14.2. The van der Waals surface area contributed by atoms with Gasteiger partial charge >= 0.3 is 0 Å². The molecular weight excluding hydrogens is 244 g/mol. The van der Waals surface area contributed by atoms with Crippen molar-refractivity contribution < 1.29 is 14.3 Å². The Morgan fingerprint density at radius 3 is 3.05 bits per heavy atom. The number of nitrogens with zero attached hydrogens (tertiary/aromatic N) is 1. The van der Waals surface area contributed by atoms with Crippen molar-refractivity contribution in [3.05, 3.63) is 0 Å². The van der Waals surface area contributed by atoms with Crippen LogP contribution in [0.4, 0.5) is 0 Å². The van der Waals surface area contributed by atoms with Crippen molar-refractivity contribution in [2.45, 2.75) is 31.7 Å². The first-order valence-corrected chi connectivity index (χ1v) is 7.40. The monoisotopic (exact) mass is 270 g/mol. The van der Waals surface area contributed by atoms with Crippen LogP contribution < -0.4 is 5.32 Å². The third-order valence-corrected chi connectivity index (χ3v) is 4.14. The van der Waals surface area contributed by atoms with Gasteiger partial charge in [0.2, 0.25) is 5.91 Å². The molecule has 0 aliphatic carbocycles. The summed E-state index contributed by atoms with van der Waals surface area (Å²) in [7, 11) is 1.67. The molecule has 2 aliphatic rings. The standard InChI is InChI=1S/C14H26N2O3/c1-18-9-10-19-8-2-7-16-13-5-6-15-11-12(13)3-4-14(16)17/h12-13,15H,2-11H2,1H3. The predicted molar refractivity (Wildman–Crippen MR) is 73.0 cm³/mol. The van der Waals surface area contributed by atoms with Gasteiger partial charge in [-0.2, -0.15) is 0 Å². The number of nitrogens with one attached hydrogen (secondary N) is 1. The Balaban J connectivity index is 1.71. The van der Waals surface area contributed by atoms with Gasteiger partial charge in [0.15, 0.2) is 0 Å². The minimum atomic E-state index is 0.333. The highest BCUT2D eigenvalue weighted by Gasteiger charge is 2.36. The van der Waals surface area contributed by atoms with Gasteiger partial charge in [-0.3, -0.25) is 4.79 Å². The van der Waals surface area contributed by atoms with Crippen LogP contribution in [-0.2, 0) is 14.3 Å². The summed E-state index contributed by atoms with van der Waals surface area (Å²) < 4.78 is 10.4. The Morgan fingerprint density at radius 2 is 2.21 bits per heavy atom. The van der Waals surface area contributed by atoms with Crippen molar-refractivity contribution in [3.63, 3.8) is 0 Å². The van der Waals surface area contributed by atoms with Crippen LogP contribution in [0.3, 0.4) is 0 Å². The first-order chi connectivity index (χ1) is 9.33. The van der Waals surface area contributed by atoms with E-state index in [-0.39, 0.29) is 0 Å². The number of amides is 1. The largest absolute Gasteiger partial charge is 0.382 e. The topological polar surface area (TPSA) is 50.8 Å². The van der Waals surface area contributed by atoms with E-state index in [2.05, 4.69) is 10.2 Å². The molecule has 5 heteroatoms. The zero-order chi connectivity index (χ0) is 13.5. The lowest BCUT2D eigenvalue weighted by molar-refractivity contribution is -0.139. The van der Waals surface area contributed by atoms with E-state index in [1.54, 1.807) is 7.11 Å². The van der Waals surface area contributed by atoms with Crippen LogP contribution in [0.1, 0.15) is 25.7 Å². The third-order valence-electron chi connectivity index (χ3n) is 4.14. The van der Waals surface area contributed by atoms with E-state index in [1.165, 1.54) is 0 Å². The summed E-state index contributed by atoms with van der Waals surface area (Å²) >= 11 is 0. The van der Waals surface area contributed by atoms with Gasteiger partial charge in [-0.1, -0.05) is 0 Å². The number of hydrogen-bond acceptors (Lipinski definition) is 4. The summed E-state index contributed by atoms with van der Waals surface area (Å²) in [6.45, 7) is 4.93. The van der Waals surface area contributed by atoms with E-state index in [9.17, 15) is 4.79 Å². The third kappa shape index (κ3) is 4.16. The lowest BCUT2D eigenvalue weighted by atomic mass is 9.84. The van der Waals surface area contributed by atoms with E-state index in [0.717, 1.165) is 38.9 Å². The lowest BCUT2D eigenvalue weighted by Crippen LogP contribution is -2.55. The number of rotatable bonds is 7. The minimum Gasteiger partial charge on any atom is -0.382 e. The summed E-state index contributed by atoms with van der Waals surface area (Å²) in [6.07, 6.45) is 3.79. The maximum absolute atomic E-state index is 12.1. The number of ether oxygens (including phenoxy) is 2. The molecule has 0 spiro atoms. The molecule has 2 rings (SSSR count). The maximum atomic E-state index is 12.1. The van der Waals surface area contributed by atoms with Crippen LogP contribution in [0, 0.1) is 5.92 Å². The van der Waals surface area contributed by atoms with Crippen LogP contribution in [0.25, 0.3) is 0 Å². The van der Waals surface area contributed by atoms with E-state index in [1.807, 2.05) is 0 Å². The highest BCUT2D eigenvalue weighted by atomic mass is 16.5. The van der Waals surface area contributed by atoms with Gasteiger partial charge in [0.25, 0.3) is 0 Å². The number of piperidine rings is 2. The molecule has 0 aromatic carbocycles. The highest BCUT2D eigenvalue weighted by Crippen LogP contribution is 2.28. The molecule has 2 aliphatic heterocycles. The number of likely N-dealkylation sites (tertiary alicyclic amines) is 1. The number of carbonyl (C=O) groups is 1. The summed E-state index contributed by atoms with van der Waals surface area (Å²) in [5.74, 6) is 0.987. The van der Waals surface area contributed by atoms with E-state index in [0.29, 0.717) is 44.1 Å². The normalized spacial score (nSPS) is 27.4. The Morgan fingerprint density at radius 1 is 1.32 bits per heavy atom. The molecule has 1 N–H and O–H groups in total. The number of hydrogen-bond donors (Lipinski definition) is 1. The molecule has 2 saturated heterocycles. The van der Waals surface area contributed by atoms with E-state index < -0.39 is 0 Å². The van der Waals surface area contributed by atoms with Crippen molar-refractivity contribution in [2.24, 2.45) is 5.92 Å². The average molecular weight is 270 g/mol. The average Bonchev–Trinajstić information content (AvgIpc) is 2.44. The second-order valence-corrected chi connectivity index (χ2v) is 5.40. The van der Waals surface area contributed by atoms with Gasteiger partial charge in [-0.05, 0) is 38.3 Å². The van der Waals surface area contributed by atoms with E-state index >= 15 is 0 Å². The number of fused-ring (bicyclic) bond motifs is 1. The van der Waals surface area contributed by atoms with Crippen LogP contribution >= 0.6 is 0 Å². The molecule has 19 heavy (non-hydrogen) atoms. The van der Waals surface area contributed by atoms with Gasteiger partial charge in [0.1, 0.15) is 0 Å². The molecule has 2 heterocycles. The molecule has 0 bridgehead atoms. The molecule has 0 aromatic rings. The van der Waals surface area contributed by atoms with E-state index in [4.69, 9.17) is 9.47 Å². The maximum Gasteiger partial charge on any atom is 0.222 e. The zero-order valence-corrected chi connectivity index (χ0v) is 11.9. The Kier molecular flexibility index (Phi) is 6.07. The van der Waals surface area contributed by atoms with Crippen LogP contribution in [0.2, 0.25) is 0 Å². The summed E-state index contributed by atoms with van der Waals surface area (Å²) in [5.41, 5.74) is 0. The van der Waals surface area contributed by atoms with Gasteiger partial charge in [-0.15, -0.1) is 0 Å². The second kappa shape index (κ2) is 7.82. The first-order valence-electron chi connectivity index (χ1n) is 7.40.